The number of nitrogens with one attached hydrogen (secondary N) is 1. The van der Waals surface area contributed by atoms with Crippen LogP contribution in [0.15, 0.2) is 30.5 Å². The van der Waals surface area contributed by atoms with Gasteiger partial charge in [-0.2, -0.15) is 5.10 Å². The van der Waals surface area contributed by atoms with Crippen LogP contribution in [0, 0.1) is 6.92 Å². The van der Waals surface area contributed by atoms with Gasteiger partial charge in [-0.25, -0.2) is 4.68 Å². The summed E-state index contributed by atoms with van der Waals surface area (Å²) in [4.78, 5) is 14.1. The average Bonchev–Trinajstić information content (AvgIpc) is 2.86. The highest BCUT2D eigenvalue weighted by atomic mass is 35.5. The van der Waals surface area contributed by atoms with Gasteiger partial charge in [-0.1, -0.05) is 23.7 Å². The predicted molar refractivity (Wildman–Crippen MR) is 91.4 cm³/mol. The molecule has 0 saturated carbocycles. The van der Waals surface area contributed by atoms with E-state index in [9.17, 15) is 4.79 Å². The first-order valence-electron chi connectivity index (χ1n) is 6.76. The summed E-state index contributed by atoms with van der Waals surface area (Å²) in [5.74, 6) is -0.0407. The van der Waals surface area contributed by atoms with Gasteiger partial charge in [0.25, 0.3) is 5.91 Å². The number of hydrogen-bond donors (Lipinski definition) is 1. The number of likely N-dealkylation sites (N-methyl/N-ethyl adjacent to an activating group) is 2. The molecule has 0 saturated heterocycles. The van der Waals surface area contributed by atoms with Crippen LogP contribution in [-0.4, -0.2) is 47.8 Å². The van der Waals surface area contributed by atoms with Crippen molar-refractivity contribution in [1.29, 1.82) is 0 Å². The number of carbonyl (C=O) groups excluding carboxylic acids is 1. The first-order chi connectivity index (χ1) is 10.1. The maximum absolute atomic E-state index is 12.4. The molecule has 1 amide bonds. The molecule has 0 aliphatic heterocycles. The predicted octanol–water partition coefficient (Wildman–Crippen LogP) is 2.55. The molecular formula is C15H20Cl2N4O. The fourth-order valence-corrected chi connectivity index (χ4v) is 2.29. The standard InChI is InChI=1S/C15H19ClN4O.ClH/c1-11-12(15(21)19(3)9-8-17-2)10-18-20(11)14-7-5-4-6-13(14)16;/h4-7,10,17H,8-9H2,1-3H3;1H. The summed E-state index contributed by atoms with van der Waals surface area (Å²) in [5.41, 5.74) is 2.14. The summed E-state index contributed by atoms with van der Waals surface area (Å²) >= 11 is 6.19. The van der Waals surface area contributed by atoms with Gasteiger partial charge < -0.3 is 10.2 Å². The summed E-state index contributed by atoms with van der Waals surface area (Å²) in [6, 6.07) is 7.44. The molecule has 0 bridgehead atoms. The SMILES string of the molecule is CNCCN(C)C(=O)c1cnn(-c2ccccc2Cl)c1C.Cl. The number of halogens is 2. The van der Waals surface area contributed by atoms with Crippen LogP contribution in [0.2, 0.25) is 5.02 Å². The molecule has 22 heavy (non-hydrogen) atoms. The van der Waals surface area contributed by atoms with Gasteiger partial charge in [0.05, 0.1) is 28.2 Å². The van der Waals surface area contributed by atoms with Crippen molar-refractivity contribution in [1.82, 2.24) is 20.0 Å². The van der Waals surface area contributed by atoms with Crippen molar-refractivity contribution < 1.29 is 4.79 Å². The van der Waals surface area contributed by atoms with E-state index in [-0.39, 0.29) is 18.3 Å². The zero-order valence-corrected chi connectivity index (χ0v) is 14.4. The first kappa shape index (κ1) is 18.5. The van der Waals surface area contributed by atoms with Gasteiger partial charge in [0.15, 0.2) is 0 Å². The van der Waals surface area contributed by atoms with Crippen LogP contribution in [0.3, 0.4) is 0 Å². The smallest absolute Gasteiger partial charge is 0.257 e. The Labute approximate surface area is 141 Å². The van der Waals surface area contributed by atoms with Crippen LogP contribution in [0.4, 0.5) is 0 Å². The third-order valence-corrected chi connectivity index (χ3v) is 3.68. The molecule has 0 spiro atoms. The first-order valence-corrected chi connectivity index (χ1v) is 7.13. The molecule has 0 radical (unpaired) electrons. The number of rotatable bonds is 5. The number of hydrogen-bond acceptors (Lipinski definition) is 3. The molecule has 1 aromatic heterocycles. The third-order valence-electron chi connectivity index (χ3n) is 3.36. The fourth-order valence-electron chi connectivity index (χ4n) is 2.07. The minimum Gasteiger partial charge on any atom is -0.340 e. The lowest BCUT2D eigenvalue weighted by Gasteiger charge is -2.16. The van der Waals surface area contributed by atoms with Gasteiger partial charge in [-0.15, -0.1) is 12.4 Å². The normalized spacial score (nSPS) is 10.2. The molecule has 0 fully saturated rings. The van der Waals surface area contributed by atoms with Crippen LogP contribution in [0.5, 0.6) is 0 Å². The molecule has 1 N–H and O–H groups in total. The zero-order chi connectivity index (χ0) is 15.4. The number of benzene rings is 1. The van der Waals surface area contributed by atoms with Crippen LogP contribution >= 0.6 is 24.0 Å². The second-order valence-corrected chi connectivity index (χ2v) is 5.24. The number of amides is 1. The van der Waals surface area contributed by atoms with Gasteiger partial charge in [0.2, 0.25) is 0 Å². The van der Waals surface area contributed by atoms with E-state index in [4.69, 9.17) is 11.6 Å². The van der Waals surface area contributed by atoms with E-state index in [1.54, 1.807) is 28.9 Å². The summed E-state index contributed by atoms with van der Waals surface area (Å²) < 4.78 is 1.70. The lowest BCUT2D eigenvalue weighted by Crippen LogP contribution is -2.33. The van der Waals surface area contributed by atoms with E-state index >= 15 is 0 Å². The second-order valence-electron chi connectivity index (χ2n) is 4.84. The molecular weight excluding hydrogens is 323 g/mol. The topological polar surface area (TPSA) is 50.2 Å². The Morgan fingerprint density at radius 3 is 2.73 bits per heavy atom. The largest absolute Gasteiger partial charge is 0.340 e. The molecule has 120 valence electrons. The quantitative estimate of drug-likeness (QED) is 0.908. The fraction of sp³-hybridized carbons (Fsp3) is 0.333. The monoisotopic (exact) mass is 342 g/mol. The van der Waals surface area contributed by atoms with Gasteiger partial charge >= 0.3 is 0 Å². The van der Waals surface area contributed by atoms with Crippen molar-refractivity contribution in [3.05, 3.63) is 46.7 Å². The Bertz CT molecular complexity index is 642. The van der Waals surface area contributed by atoms with Crippen LogP contribution in [0.25, 0.3) is 5.69 Å². The van der Waals surface area contributed by atoms with Gasteiger partial charge in [-0.3, -0.25) is 4.79 Å². The Morgan fingerprint density at radius 1 is 1.41 bits per heavy atom. The van der Waals surface area contributed by atoms with Gasteiger partial charge in [0.1, 0.15) is 0 Å². The van der Waals surface area contributed by atoms with Crippen molar-refractivity contribution >= 4 is 29.9 Å². The molecule has 2 aromatic rings. The number of carbonyl (C=O) groups is 1. The van der Waals surface area contributed by atoms with Gasteiger partial charge in [-0.05, 0) is 26.1 Å². The highest BCUT2D eigenvalue weighted by Crippen LogP contribution is 2.22. The van der Waals surface area contributed by atoms with E-state index in [1.165, 1.54) is 0 Å². The molecule has 2 rings (SSSR count). The van der Waals surface area contributed by atoms with Crippen molar-refractivity contribution in [2.45, 2.75) is 6.92 Å². The van der Waals surface area contributed by atoms with Crippen molar-refractivity contribution in [3.63, 3.8) is 0 Å². The summed E-state index contributed by atoms with van der Waals surface area (Å²) in [6.45, 7) is 3.27. The zero-order valence-electron chi connectivity index (χ0n) is 12.8. The molecule has 0 aliphatic rings. The molecule has 1 heterocycles. The van der Waals surface area contributed by atoms with Gasteiger partial charge in [0, 0.05) is 20.1 Å². The van der Waals surface area contributed by atoms with E-state index in [0.717, 1.165) is 17.9 Å². The molecule has 7 heteroatoms. The van der Waals surface area contributed by atoms with Crippen LogP contribution < -0.4 is 5.32 Å². The van der Waals surface area contributed by atoms with E-state index < -0.39 is 0 Å². The minimum atomic E-state index is -0.0407. The average molecular weight is 343 g/mol. The number of aromatic nitrogens is 2. The summed E-state index contributed by atoms with van der Waals surface area (Å²) in [5, 5.41) is 7.93. The highest BCUT2D eigenvalue weighted by molar-refractivity contribution is 6.32. The Morgan fingerprint density at radius 2 is 2.09 bits per heavy atom. The van der Waals surface area contributed by atoms with E-state index in [2.05, 4.69) is 10.4 Å². The maximum atomic E-state index is 12.4. The third kappa shape index (κ3) is 3.80. The Kier molecular flexibility index (Phi) is 6.87. The van der Waals surface area contributed by atoms with Crippen molar-refractivity contribution in [2.75, 3.05) is 27.2 Å². The lowest BCUT2D eigenvalue weighted by molar-refractivity contribution is 0.0796. The maximum Gasteiger partial charge on any atom is 0.257 e. The summed E-state index contributed by atoms with van der Waals surface area (Å²) in [7, 11) is 3.64. The van der Waals surface area contributed by atoms with Crippen LogP contribution in [-0.2, 0) is 0 Å². The Balaban J connectivity index is 0.00000242. The number of nitrogens with zero attached hydrogens (tertiary/aromatic N) is 3. The van der Waals surface area contributed by atoms with Crippen molar-refractivity contribution in [2.24, 2.45) is 0 Å². The second kappa shape index (κ2) is 8.17. The van der Waals surface area contributed by atoms with Crippen LogP contribution in [0.1, 0.15) is 16.1 Å². The van der Waals surface area contributed by atoms with E-state index in [1.807, 2.05) is 32.2 Å². The molecule has 0 aliphatic carbocycles. The molecule has 0 unspecified atom stereocenters. The lowest BCUT2D eigenvalue weighted by atomic mass is 10.2. The Hall–Kier alpha value is -1.56. The summed E-state index contributed by atoms with van der Waals surface area (Å²) in [6.07, 6.45) is 1.59. The molecule has 0 atom stereocenters. The van der Waals surface area contributed by atoms with Crippen molar-refractivity contribution in [3.8, 4) is 5.69 Å². The molecule has 1 aromatic carbocycles. The van der Waals surface area contributed by atoms with E-state index in [0.29, 0.717) is 17.1 Å². The molecule has 5 nitrogen and oxygen atoms in total. The highest BCUT2D eigenvalue weighted by Gasteiger charge is 2.19. The number of para-hydroxylation sites is 1. The minimum absolute atomic E-state index is 0.